The van der Waals surface area contributed by atoms with E-state index in [4.69, 9.17) is 15.6 Å². The number of fused-ring (bicyclic) bond motifs is 2. The Morgan fingerprint density at radius 1 is 0.875 bits per heavy atom. The molecule has 5 heterocycles. The number of carbonyl (C=O) groups is 4. The predicted octanol–water partition coefficient (Wildman–Crippen LogP) is 6.54. The first-order valence-corrected chi connectivity index (χ1v) is 20.3. The maximum Gasteiger partial charge on any atom is 0.255 e. The molecule has 3 aliphatic rings. The fraction of sp³-hybridized carbons (Fsp3) is 0.357. The van der Waals surface area contributed by atoms with Crippen LogP contribution in [0.2, 0.25) is 0 Å². The molecular formula is C42H44N8O5S. The number of hydrogen-bond acceptors (Lipinski definition) is 10. The van der Waals surface area contributed by atoms with Crippen LogP contribution in [0.5, 0.6) is 11.5 Å². The molecular weight excluding hydrogens is 729 g/mol. The second-order valence-electron chi connectivity index (χ2n) is 14.5. The Labute approximate surface area is 329 Å². The molecule has 0 saturated carbocycles. The van der Waals surface area contributed by atoms with Gasteiger partial charge in [0.2, 0.25) is 17.7 Å². The van der Waals surface area contributed by atoms with E-state index >= 15 is 0 Å². The number of nitrogens with two attached hydrogens (primary N) is 1. The minimum atomic E-state index is -0.615. The standard InChI is InChI=1S/C42H44N8O5S/c43-39-37-38(27-14-16-30(17-15-27)55-29-9-4-3-5-10-29)47-50(40(37)45-26-44-39)28-20-22-48(23-21-28)36(52)13-6-1-2-7-24-56-34-12-8-11-31-32(34)25-49(42(31)54)33-18-19-35(51)46-41(33)53/h3-5,8-12,14-17,26,28,33H,1-2,6-7,13,18-25H2,(H2,43,44,45)(H,46,51,53). The van der Waals surface area contributed by atoms with Crippen molar-refractivity contribution in [2.24, 2.45) is 0 Å². The van der Waals surface area contributed by atoms with Gasteiger partial charge in [-0.2, -0.15) is 5.10 Å². The number of nitrogens with one attached hydrogen (secondary N) is 1. The largest absolute Gasteiger partial charge is 0.457 e. The third-order valence-electron chi connectivity index (χ3n) is 10.9. The lowest BCUT2D eigenvalue weighted by Crippen LogP contribution is -2.52. The second kappa shape index (κ2) is 16.5. The van der Waals surface area contributed by atoms with Crippen molar-refractivity contribution in [2.75, 3.05) is 24.6 Å². The summed E-state index contributed by atoms with van der Waals surface area (Å²) in [6.45, 7) is 1.70. The molecule has 2 aromatic heterocycles. The van der Waals surface area contributed by atoms with Gasteiger partial charge in [-0.3, -0.25) is 24.5 Å². The van der Waals surface area contributed by atoms with Crippen molar-refractivity contribution < 1.29 is 23.9 Å². The molecule has 0 spiro atoms. The topological polar surface area (TPSA) is 166 Å². The predicted molar refractivity (Wildman–Crippen MR) is 213 cm³/mol. The quantitative estimate of drug-likeness (QED) is 0.0763. The maximum absolute atomic E-state index is 13.2. The first kappa shape index (κ1) is 37.2. The number of piperidine rings is 2. The van der Waals surface area contributed by atoms with E-state index < -0.39 is 11.9 Å². The van der Waals surface area contributed by atoms with Gasteiger partial charge in [-0.15, -0.1) is 11.8 Å². The number of likely N-dealkylation sites (tertiary alicyclic amines) is 1. The van der Waals surface area contributed by atoms with Crippen LogP contribution in [0.3, 0.4) is 0 Å². The van der Waals surface area contributed by atoms with Crippen LogP contribution in [-0.2, 0) is 20.9 Å². The van der Waals surface area contributed by atoms with Gasteiger partial charge in [0.25, 0.3) is 5.91 Å². The number of nitrogens with zero attached hydrogens (tertiary/aromatic N) is 6. The highest BCUT2D eigenvalue weighted by Crippen LogP contribution is 2.37. The van der Waals surface area contributed by atoms with Crippen molar-refractivity contribution in [3.63, 3.8) is 0 Å². The lowest BCUT2D eigenvalue weighted by molar-refractivity contribution is -0.137. The number of nitrogen functional groups attached to an aromatic ring is 1. The number of unbranched alkanes of at least 4 members (excludes halogenated alkanes) is 3. The summed E-state index contributed by atoms with van der Waals surface area (Å²) in [7, 11) is 0. The Balaban J connectivity index is 0.789. The smallest absolute Gasteiger partial charge is 0.255 e. The maximum atomic E-state index is 13.2. The van der Waals surface area contributed by atoms with Crippen molar-refractivity contribution in [3.05, 3.63) is 90.3 Å². The van der Waals surface area contributed by atoms with E-state index in [1.165, 1.54) is 6.33 Å². The molecule has 3 N–H and O–H groups in total. The Hall–Kier alpha value is -5.76. The van der Waals surface area contributed by atoms with Gasteiger partial charge in [0.05, 0.1) is 11.4 Å². The van der Waals surface area contributed by atoms with Crippen LogP contribution in [0.1, 0.15) is 79.8 Å². The van der Waals surface area contributed by atoms with E-state index in [2.05, 4.69) is 15.3 Å². The molecule has 288 valence electrons. The average Bonchev–Trinajstić information content (AvgIpc) is 3.77. The Kier molecular flexibility index (Phi) is 11.0. The number of benzene rings is 3. The average molecular weight is 773 g/mol. The summed E-state index contributed by atoms with van der Waals surface area (Å²) in [5.41, 5.74) is 10.3. The Bertz CT molecular complexity index is 2250. The van der Waals surface area contributed by atoms with Crippen LogP contribution in [-0.4, -0.2) is 78.1 Å². The molecule has 13 nitrogen and oxygen atoms in total. The molecule has 5 aromatic rings. The lowest BCUT2D eigenvalue weighted by Gasteiger charge is -2.32. The normalized spacial score (nSPS) is 17.4. The fourth-order valence-electron chi connectivity index (χ4n) is 7.88. The van der Waals surface area contributed by atoms with E-state index in [1.807, 2.05) is 82.4 Å². The van der Waals surface area contributed by atoms with Crippen molar-refractivity contribution in [1.82, 2.24) is 34.9 Å². The Morgan fingerprint density at radius 3 is 2.43 bits per heavy atom. The number of aromatic nitrogens is 4. The fourth-order valence-corrected chi connectivity index (χ4v) is 8.97. The summed E-state index contributed by atoms with van der Waals surface area (Å²) >= 11 is 1.73. The number of imide groups is 1. The molecule has 1 unspecified atom stereocenters. The summed E-state index contributed by atoms with van der Waals surface area (Å²) in [5.74, 6) is 2.12. The molecule has 14 heteroatoms. The highest BCUT2D eigenvalue weighted by atomic mass is 32.2. The van der Waals surface area contributed by atoms with Gasteiger partial charge in [-0.05, 0) is 92.0 Å². The number of anilines is 1. The summed E-state index contributed by atoms with van der Waals surface area (Å²) in [6, 6.07) is 22.6. The van der Waals surface area contributed by atoms with Gasteiger partial charge < -0.3 is 20.3 Å². The number of para-hydroxylation sites is 1. The minimum Gasteiger partial charge on any atom is -0.457 e. The van der Waals surface area contributed by atoms with E-state index in [0.717, 1.165) is 82.9 Å². The number of thioether (sulfide) groups is 1. The number of ether oxygens (including phenoxy) is 1. The number of amides is 4. The summed E-state index contributed by atoms with van der Waals surface area (Å²) in [5, 5.41) is 8.11. The van der Waals surface area contributed by atoms with Gasteiger partial charge in [0.15, 0.2) is 5.65 Å². The molecule has 0 radical (unpaired) electrons. The molecule has 3 aromatic carbocycles. The molecule has 8 rings (SSSR count). The minimum absolute atomic E-state index is 0.0762. The first-order valence-electron chi connectivity index (χ1n) is 19.3. The summed E-state index contributed by atoms with van der Waals surface area (Å²) in [6.07, 6.45) is 7.97. The van der Waals surface area contributed by atoms with Crippen molar-refractivity contribution in [2.45, 2.75) is 81.3 Å². The van der Waals surface area contributed by atoms with Gasteiger partial charge in [0.1, 0.15) is 35.4 Å². The van der Waals surface area contributed by atoms with Gasteiger partial charge >= 0.3 is 0 Å². The van der Waals surface area contributed by atoms with Gasteiger partial charge in [0, 0.05) is 48.5 Å². The third-order valence-corrected chi connectivity index (χ3v) is 12.1. The van der Waals surface area contributed by atoms with Crippen molar-refractivity contribution >= 4 is 52.2 Å². The van der Waals surface area contributed by atoms with E-state index in [9.17, 15) is 19.2 Å². The zero-order valence-electron chi connectivity index (χ0n) is 31.1. The van der Waals surface area contributed by atoms with Gasteiger partial charge in [-0.1, -0.05) is 37.1 Å². The number of hydrogen-bond donors (Lipinski definition) is 2. The molecule has 0 bridgehead atoms. The first-order chi connectivity index (χ1) is 27.3. The molecule has 1 atom stereocenters. The summed E-state index contributed by atoms with van der Waals surface area (Å²) in [4.78, 5) is 63.9. The van der Waals surface area contributed by atoms with Crippen LogP contribution in [0, 0.1) is 0 Å². The van der Waals surface area contributed by atoms with Crippen LogP contribution in [0.15, 0.2) is 84.0 Å². The number of rotatable bonds is 13. The zero-order chi connectivity index (χ0) is 38.6. The van der Waals surface area contributed by atoms with Crippen LogP contribution in [0.25, 0.3) is 22.3 Å². The Morgan fingerprint density at radius 2 is 1.64 bits per heavy atom. The van der Waals surface area contributed by atoms with E-state index in [0.29, 0.717) is 49.5 Å². The van der Waals surface area contributed by atoms with Crippen molar-refractivity contribution in [1.29, 1.82) is 0 Å². The van der Waals surface area contributed by atoms with E-state index in [-0.39, 0.29) is 30.2 Å². The highest BCUT2D eigenvalue weighted by molar-refractivity contribution is 7.99. The van der Waals surface area contributed by atoms with Crippen LogP contribution < -0.4 is 15.8 Å². The zero-order valence-corrected chi connectivity index (χ0v) is 31.9. The molecule has 0 aliphatic carbocycles. The van der Waals surface area contributed by atoms with Crippen LogP contribution >= 0.6 is 11.8 Å². The molecule has 2 fully saturated rings. The lowest BCUT2D eigenvalue weighted by atomic mass is 10.0. The van der Waals surface area contributed by atoms with E-state index in [1.54, 1.807) is 16.7 Å². The SMILES string of the molecule is Nc1ncnc2c1c(-c1ccc(Oc3ccccc3)cc1)nn2C1CCN(C(=O)CCCCCCSc2cccc3c2CN(C2CCC(=O)NC2=O)C3=O)CC1. The molecule has 3 aliphatic heterocycles. The van der Waals surface area contributed by atoms with Gasteiger partial charge in [-0.25, -0.2) is 14.6 Å². The molecule has 4 amide bonds. The van der Waals surface area contributed by atoms with Crippen molar-refractivity contribution in [3.8, 4) is 22.8 Å². The summed E-state index contributed by atoms with van der Waals surface area (Å²) < 4.78 is 7.94. The second-order valence-corrected chi connectivity index (χ2v) is 15.6. The monoisotopic (exact) mass is 772 g/mol. The van der Waals surface area contributed by atoms with Crippen LogP contribution in [0.4, 0.5) is 5.82 Å². The third kappa shape index (κ3) is 7.83. The molecule has 56 heavy (non-hydrogen) atoms. The molecule has 2 saturated heterocycles. The highest BCUT2D eigenvalue weighted by Gasteiger charge is 2.40. The number of carbonyl (C=O) groups excluding carboxylic acids is 4.